The van der Waals surface area contributed by atoms with Crippen LogP contribution in [0.2, 0.25) is 0 Å². The monoisotopic (exact) mass is 314 g/mol. The van der Waals surface area contributed by atoms with Crippen LogP contribution >= 0.6 is 0 Å². The molecule has 1 spiro atoms. The van der Waals surface area contributed by atoms with Crippen molar-refractivity contribution < 1.29 is 4.79 Å². The Kier molecular flexibility index (Phi) is 4.50. The van der Waals surface area contributed by atoms with Gasteiger partial charge in [-0.1, -0.05) is 39.0 Å². The van der Waals surface area contributed by atoms with Crippen molar-refractivity contribution in [3.63, 3.8) is 0 Å². The van der Waals surface area contributed by atoms with Gasteiger partial charge >= 0.3 is 0 Å². The summed E-state index contributed by atoms with van der Waals surface area (Å²) in [5, 5.41) is 3.24. The standard InChI is InChI=1S/C20H30N2O/c1-19(2,3)9-12-22-13-10-20(11-14-22)15-17(20)21-18(23)16-7-5-4-6-8-16/h4-8,17H,9-15H2,1-3H3,(H,21,23). The predicted molar refractivity (Wildman–Crippen MR) is 94.5 cm³/mol. The van der Waals surface area contributed by atoms with Crippen molar-refractivity contribution in [1.29, 1.82) is 0 Å². The fourth-order valence-corrected chi connectivity index (χ4v) is 3.65. The van der Waals surface area contributed by atoms with Gasteiger partial charge in [-0.2, -0.15) is 0 Å². The summed E-state index contributed by atoms with van der Waals surface area (Å²) < 4.78 is 0. The molecule has 2 aliphatic rings. The Morgan fingerprint density at radius 3 is 2.48 bits per heavy atom. The number of benzene rings is 1. The van der Waals surface area contributed by atoms with Gasteiger partial charge in [-0.25, -0.2) is 0 Å². The second-order valence-corrected chi connectivity index (χ2v) is 8.61. The zero-order chi connectivity index (χ0) is 16.5. The molecular formula is C20H30N2O. The average molecular weight is 314 g/mol. The topological polar surface area (TPSA) is 32.3 Å². The van der Waals surface area contributed by atoms with Gasteiger partial charge in [0.1, 0.15) is 0 Å². The number of nitrogens with one attached hydrogen (secondary N) is 1. The molecule has 3 heteroatoms. The maximum absolute atomic E-state index is 12.3. The van der Waals surface area contributed by atoms with Gasteiger partial charge in [-0.05, 0) is 68.3 Å². The molecule has 1 saturated carbocycles. The molecule has 1 amide bonds. The fourth-order valence-electron chi connectivity index (χ4n) is 3.65. The van der Waals surface area contributed by atoms with Crippen molar-refractivity contribution in [2.75, 3.05) is 19.6 Å². The lowest BCUT2D eigenvalue weighted by Gasteiger charge is -2.34. The summed E-state index contributed by atoms with van der Waals surface area (Å²) >= 11 is 0. The number of carbonyl (C=O) groups is 1. The van der Waals surface area contributed by atoms with Crippen molar-refractivity contribution in [1.82, 2.24) is 10.2 Å². The van der Waals surface area contributed by atoms with Gasteiger partial charge in [0.25, 0.3) is 5.91 Å². The molecule has 1 atom stereocenters. The third-order valence-corrected chi connectivity index (χ3v) is 5.56. The Morgan fingerprint density at radius 2 is 1.87 bits per heavy atom. The summed E-state index contributed by atoms with van der Waals surface area (Å²) in [6.07, 6.45) is 4.89. The molecule has 1 aromatic carbocycles. The van der Waals surface area contributed by atoms with Crippen molar-refractivity contribution in [2.45, 2.75) is 52.5 Å². The van der Waals surface area contributed by atoms with Crippen LogP contribution in [0.15, 0.2) is 30.3 Å². The molecule has 3 nitrogen and oxygen atoms in total. The molecule has 0 aromatic heterocycles. The van der Waals surface area contributed by atoms with E-state index in [0.29, 0.717) is 16.9 Å². The largest absolute Gasteiger partial charge is 0.349 e. The van der Waals surface area contributed by atoms with Crippen LogP contribution in [0.25, 0.3) is 0 Å². The highest BCUT2D eigenvalue weighted by molar-refractivity contribution is 5.94. The molecule has 23 heavy (non-hydrogen) atoms. The van der Waals surface area contributed by atoms with Gasteiger partial charge < -0.3 is 10.2 Å². The fraction of sp³-hybridized carbons (Fsp3) is 0.650. The van der Waals surface area contributed by atoms with Crippen molar-refractivity contribution in [3.05, 3.63) is 35.9 Å². The average Bonchev–Trinajstić information content (AvgIpc) is 3.18. The third-order valence-electron chi connectivity index (χ3n) is 5.56. The van der Waals surface area contributed by atoms with E-state index in [1.54, 1.807) is 0 Å². The van der Waals surface area contributed by atoms with Crippen LogP contribution in [0.5, 0.6) is 0 Å². The van der Waals surface area contributed by atoms with Crippen LogP contribution in [0, 0.1) is 10.8 Å². The first-order chi connectivity index (χ1) is 10.9. The molecule has 1 aromatic rings. The molecule has 126 valence electrons. The summed E-state index contributed by atoms with van der Waals surface area (Å²) in [5.74, 6) is 0.0858. The number of likely N-dealkylation sites (tertiary alicyclic amines) is 1. The lowest BCUT2D eigenvalue weighted by molar-refractivity contribution is 0.0932. The zero-order valence-electron chi connectivity index (χ0n) is 14.8. The summed E-state index contributed by atoms with van der Waals surface area (Å²) in [6, 6.07) is 9.96. The molecule has 1 aliphatic carbocycles. The molecule has 1 saturated heterocycles. The first-order valence-corrected chi connectivity index (χ1v) is 8.96. The van der Waals surface area contributed by atoms with Crippen LogP contribution < -0.4 is 5.32 Å². The maximum Gasteiger partial charge on any atom is 0.251 e. The number of nitrogens with zero attached hydrogens (tertiary/aromatic N) is 1. The minimum atomic E-state index is 0.0858. The molecule has 0 bridgehead atoms. The number of rotatable bonds is 4. The van der Waals surface area contributed by atoms with Crippen LogP contribution in [0.3, 0.4) is 0 Å². The van der Waals surface area contributed by atoms with Gasteiger partial charge in [-0.3, -0.25) is 4.79 Å². The van der Waals surface area contributed by atoms with Crippen LogP contribution in [0.1, 0.15) is 56.8 Å². The molecule has 3 rings (SSSR count). The van der Waals surface area contributed by atoms with E-state index >= 15 is 0 Å². The Labute approximate surface area is 140 Å². The van der Waals surface area contributed by atoms with Gasteiger partial charge in [0.2, 0.25) is 0 Å². The summed E-state index contributed by atoms with van der Waals surface area (Å²) in [6.45, 7) is 10.5. The minimum absolute atomic E-state index is 0.0858. The first kappa shape index (κ1) is 16.5. The second-order valence-electron chi connectivity index (χ2n) is 8.61. The van der Waals surface area contributed by atoms with Gasteiger partial charge in [0, 0.05) is 11.6 Å². The van der Waals surface area contributed by atoms with Crippen molar-refractivity contribution in [2.24, 2.45) is 10.8 Å². The highest BCUT2D eigenvalue weighted by atomic mass is 16.1. The van der Waals surface area contributed by atoms with Gasteiger partial charge in [0.15, 0.2) is 0 Å². The SMILES string of the molecule is CC(C)(C)CCN1CCC2(CC1)CC2NC(=O)c1ccccc1. The lowest BCUT2D eigenvalue weighted by atomic mass is 9.89. The number of hydrogen-bond donors (Lipinski definition) is 1. The van der Waals surface area contributed by atoms with E-state index in [2.05, 4.69) is 31.0 Å². The van der Waals surface area contributed by atoms with Crippen molar-refractivity contribution >= 4 is 5.91 Å². The van der Waals surface area contributed by atoms with Crippen LogP contribution in [0.4, 0.5) is 0 Å². The number of amides is 1. The van der Waals surface area contributed by atoms with Crippen LogP contribution in [-0.2, 0) is 0 Å². The Balaban J connectivity index is 1.45. The van der Waals surface area contributed by atoms with Crippen LogP contribution in [-0.4, -0.2) is 36.5 Å². The second kappa shape index (κ2) is 6.27. The third kappa shape index (κ3) is 4.14. The zero-order valence-corrected chi connectivity index (χ0v) is 14.8. The van der Waals surface area contributed by atoms with E-state index in [9.17, 15) is 4.79 Å². The van der Waals surface area contributed by atoms with E-state index in [1.807, 2.05) is 30.3 Å². The minimum Gasteiger partial charge on any atom is -0.349 e. The number of hydrogen-bond acceptors (Lipinski definition) is 2. The smallest absolute Gasteiger partial charge is 0.251 e. The Morgan fingerprint density at radius 1 is 1.22 bits per heavy atom. The van der Waals surface area contributed by atoms with E-state index < -0.39 is 0 Å². The number of carbonyl (C=O) groups excluding carboxylic acids is 1. The molecule has 1 unspecified atom stereocenters. The summed E-state index contributed by atoms with van der Waals surface area (Å²) in [7, 11) is 0. The van der Waals surface area contributed by atoms with Gasteiger partial charge in [-0.15, -0.1) is 0 Å². The molecule has 1 heterocycles. The molecule has 2 fully saturated rings. The van der Waals surface area contributed by atoms with E-state index in [4.69, 9.17) is 0 Å². The van der Waals surface area contributed by atoms with Crippen molar-refractivity contribution in [3.8, 4) is 0 Å². The Bertz CT molecular complexity index is 539. The Hall–Kier alpha value is -1.35. The quantitative estimate of drug-likeness (QED) is 0.919. The lowest BCUT2D eigenvalue weighted by Crippen LogP contribution is -2.39. The summed E-state index contributed by atoms with van der Waals surface area (Å²) in [5.41, 5.74) is 1.58. The maximum atomic E-state index is 12.3. The molecular weight excluding hydrogens is 284 g/mol. The highest BCUT2D eigenvalue weighted by Crippen LogP contribution is 2.54. The predicted octanol–water partition coefficient (Wildman–Crippen LogP) is 3.71. The normalized spacial score (nSPS) is 23.7. The molecule has 1 N–H and O–H groups in total. The van der Waals surface area contributed by atoms with E-state index in [-0.39, 0.29) is 5.91 Å². The molecule has 0 radical (unpaired) electrons. The van der Waals surface area contributed by atoms with Gasteiger partial charge in [0.05, 0.1) is 0 Å². The highest BCUT2D eigenvalue weighted by Gasteiger charge is 2.55. The first-order valence-electron chi connectivity index (χ1n) is 8.96. The number of piperidine rings is 1. The van der Waals surface area contributed by atoms with E-state index in [1.165, 1.54) is 45.3 Å². The van der Waals surface area contributed by atoms with E-state index in [0.717, 1.165) is 5.56 Å². The summed E-state index contributed by atoms with van der Waals surface area (Å²) in [4.78, 5) is 14.9. The molecule has 1 aliphatic heterocycles.